The maximum atomic E-state index is 12.9. The van der Waals surface area contributed by atoms with Gasteiger partial charge in [0.15, 0.2) is 0 Å². The summed E-state index contributed by atoms with van der Waals surface area (Å²) in [5.41, 5.74) is 2.87. The van der Waals surface area contributed by atoms with E-state index < -0.39 is 33.3 Å². The lowest BCUT2D eigenvalue weighted by atomic mass is 9.62. The number of allylic oxidation sites excluding steroid dienone is 7. The van der Waals surface area contributed by atoms with Crippen LogP contribution in [0.15, 0.2) is 65.3 Å². The van der Waals surface area contributed by atoms with Crippen molar-refractivity contribution < 1.29 is 19.4 Å². The van der Waals surface area contributed by atoms with Crippen LogP contribution in [0.25, 0.3) is 0 Å². The molecule has 8 nitrogen and oxygen atoms in total. The van der Waals surface area contributed by atoms with Crippen molar-refractivity contribution in [2.45, 2.75) is 92.6 Å². The number of benzene rings is 1. The molecule has 43 heavy (non-hydrogen) atoms. The summed E-state index contributed by atoms with van der Waals surface area (Å²) in [5, 5.41) is 22.5. The highest BCUT2D eigenvalue weighted by atomic mass is 16.6. The van der Waals surface area contributed by atoms with Gasteiger partial charge in [0, 0.05) is 18.6 Å². The Hall–Kier alpha value is -3.55. The van der Waals surface area contributed by atoms with Crippen molar-refractivity contribution >= 4 is 17.3 Å². The van der Waals surface area contributed by atoms with Crippen molar-refractivity contribution in [1.82, 2.24) is 0 Å². The van der Waals surface area contributed by atoms with Crippen LogP contribution < -0.4 is 0 Å². The molecule has 0 N–H and O–H groups in total. The fourth-order valence-electron chi connectivity index (χ4n) is 7.33. The van der Waals surface area contributed by atoms with E-state index in [1.54, 1.807) is 0 Å². The zero-order valence-corrected chi connectivity index (χ0v) is 26.4. The molecule has 1 aromatic rings. The second kappa shape index (κ2) is 13.4. The molecule has 6 atom stereocenters. The molecule has 0 heterocycles. The zero-order valence-electron chi connectivity index (χ0n) is 26.4. The molecule has 2 unspecified atom stereocenters. The molecule has 0 bridgehead atoms. The number of esters is 1. The Labute approximate surface area is 255 Å². The van der Waals surface area contributed by atoms with Gasteiger partial charge in [-0.2, -0.15) is 0 Å². The molecule has 0 amide bonds. The molecule has 0 saturated heterocycles. The maximum Gasteiger partial charge on any atom is 0.338 e. The van der Waals surface area contributed by atoms with E-state index in [9.17, 15) is 25.0 Å². The molecule has 0 aliphatic heterocycles. The number of carbonyl (C=O) groups is 1. The maximum absolute atomic E-state index is 12.9. The predicted molar refractivity (Wildman–Crippen MR) is 169 cm³/mol. The first-order chi connectivity index (χ1) is 20.3. The second-order valence-electron chi connectivity index (χ2n) is 13.5. The summed E-state index contributed by atoms with van der Waals surface area (Å²) in [6.45, 7) is 13.8. The number of nitro groups is 2. The van der Waals surface area contributed by atoms with E-state index >= 15 is 0 Å². The van der Waals surface area contributed by atoms with Crippen molar-refractivity contribution in [2.75, 3.05) is 0 Å². The summed E-state index contributed by atoms with van der Waals surface area (Å²) < 4.78 is 5.72. The molecule has 0 radical (unpaired) electrons. The summed E-state index contributed by atoms with van der Waals surface area (Å²) >= 11 is 0. The summed E-state index contributed by atoms with van der Waals surface area (Å²) in [7, 11) is 0. The fourth-order valence-corrected chi connectivity index (χ4v) is 7.33. The smallest absolute Gasteiger partial charge is 0.338 e. The standard InChI is InChI=1S/C35H46N2O6/c1-22(2)23(3)9-10-25(5)32-15-16-33-26(8-7-17-35(32,33)6)12-13-27-20-31(14-11-24(27)4)43-34(38)28-18-29(36(39)40)21-30(19-28)37(41)42/h8-10,12-13,18-19,21-23,25,31-33H,7,11,14-17,20H2,1-6H3/b10-9+,13-12+/t23-,25+,31-,32?,33?,35+/m0/s1. The molecular weight excluding hydrogens is 544 g/mol. The van der Waals surface area contributed by atoms with Crippen molar-refractivity contribution in [3.8, 4) is 0 Å². The van der Waals surface area contributed by atoms with Gasteiger partial charge in [-0.05, 0) is 91.6 Å². The van der Waals surface area contributed by atoms with Crippen LogP contribution in [-0.4, -0.2) is 21.9 Å². The minimum atomic E-state index is -0.784. The lowest BCUT2D eigenvalue weighted by molar-refractivity contribution is -0.394. The minimum absolute atomic E-state index is 0.186. The van der Waals surface area contributed by atoms with Gasteiger partial charge in [0.1, 0.15) is 6.10 Å². The molecule has 1 fully saturated rings. The molecular formula is C35H46N2O6. The van der Waals surface area contributed by atoms with Crippen molar-refractivity contribution in [3.05, 3.63) is 91.1 Å². The Kier molecular flexibility index (Phi) is 10.1. The van der Waals surface area contributed by atoms with E-state index in [0.717, 1.165) is 36.6 Å². The van der Waals surface area contributed by atoms with Gasteiger partial charge in [0.05, 0.1) is 21.5 Å². The number of ether oxygens (including phenoxy) is 1. The van der Waals surface area contributed by atoms with Crippen molar-refractivity contribution in [1.29, 1.82) is 0 Å². The quantitative estimate of drug-likeness (QED) is 0.116. The Balaban J connectivity index is 1.44. The number of fused-ring (bicyclic) bond motifs is 1. The van der Waals surface area contributed by atoms with Gasteiger partial charge in [-0.3, -0.25) is 20.2 Å². The largest absolute Gasteiger partial charge is 0.458 e. The third-order valence-corrected chi connectivity index (χ3v) is 10.4. The summed E-state index contributed by atoms with van der Waals surface area (Å²) in [6, 6.07) is 2.90. The van der Waals surface area contributed by atoms with Crippen molar-refractivity contribution in [3.63, 3.8) is 0 Å². The number of rotatable bonds is 10. The lowest BCUT2D eigenvalue weighted by Gasteiger charge is -2.42. The predicted octanol–water partition coefficient (Wildman–Crippen LogP) is 9.32. The Morgan fingerprint density at radius 3 is 2.30 bits per heavy atom. The first-order valence-corrected chi connectivity index (χ1v) is 15.7. The third kappa shape index (κ3) is 7.34. The normalized spacial score (nSPS) is 27.3. The molecule has 0 aromatic heterocycles. The molecule has 3 aliphatic rings. The van der Waals surface area contributed by atoms with Crippen molar-refractivity contribution in [2.24, 2.45) is 35.0 Å². The highest BCUT2D eigenvalue weighted by Gasteiger charge is 2.49. The summed E-state index contributed by atoms with van der Waals surface area (Å²) in [5.74, 6) is 2.18. The lowest BCUT2D eigenvalue weighted by Crippen LogP contribution is -2.34. The molecule has 232 valence electrons. The van der Waals surface area contributed by atoms with Gasteiger partial charge in [0.25, 0.3) is 11.4 Å². The Morgan fingerprint density at radius 2 is 1.67 bits per heavy atom. The number of nitro benzene ring substituents is 2. The zero-order chi connectivity index (χ0) is 31.5. The van der Waals surface area contributed by atoms with Crippen LogP contribution in [-0.2, 0) is 4.74 Å². The second-order valence-corrected chi connectivity index (χ2v) is 13.5. The number of non-ortho nitro benzene ring substituents is 2. The average Bonchev–Trinajstić information content (AvgIpc) is 3.33. The van der Waals surface area contributed by atoms with E-state index in [1.165, 1.54) is 30.4 Å². The molecule has 0 spiro atoms. The van der Waals surface area contributed by atoms with Crippen LogP contribution in [0.5, 0.6) is 0 Å². The first kappa shape index (κ1) is 32.4. The average molecular weight is 591 g/mol. The molecule has 3 aliphatic carbocycles. The third-order valence-electron chi connectivity index (χ3n) is 10.4. The number of nitrogens with zero attached hydrogens (tertiary/aromatic N) is 2. The number of carbonyl (C=O) groups excluding carboxylic acids is 1. The van der Waals surface area contributed by atoms with Crippen LogP contribution in [0.2, 0.25) is 0 Å². The van der Waals surface area contributed by atoms with Gasteiger partial charge in [-0.25, -0.2) is 4.79 Å². The molecule has 4 rings (SSSR count). The van der Waals surface area contributed by atoms with E-state index in [4.69, 9.17) is 4.74 Å². The van der Waals surface area contributed by atoms with Gasteiger partial charge in [-0.15, -0.1) is 0 Å². The topological polar surface area (TPSA) is 113 Å². The molecule has 1 aromatic carbocycles. The van der Waals surface area contributed by atoms with Gasteiger partial charge in [0.2, 0.25) is 0 Å². The Morgan fingerprint density at radius 1 is 1.00 bits per heavy atom. The SMILES string of the molecule is CC1=C(/C=C/C2=CCC[C@@]3(C)C2CCC3[C@H](C)/C=C/[C@H](C)C(C)C)C[C@@H](OC(=O)c2cc([N+](=O)[O-])cc([N+](=O)[O-])c2)CC1. The first-order valence-electron chi connectivity index (χ1n) is 15.7. The van der Waals surface area contributed by atoms with Gasteiger partial charge in [-0.1, -0.05) is 70.6 Å². The highest BCUT2D eigenvalue weighted by molar-refractivity contribution is 5.91. The van der Waals surface area contributed by atoms with Gasteiger partial charge < -0.3 is 4.74 Å². The Bertz CT molecular complexity index is 1340. The van der Waals surface area contributed by atoms with Crippen LogP contribution in [0.4, 0.5) is 11.4 Å². The molecule has 1 saturated carbocycles. The van der Waals surface area contributed by atoms with Gasteiger partial charge >= 0.3 is 5.97 Å². The fraction of sp³-hybridized carbons (Fsp3) is 0.571. The summed E-state index contributed by atoms with van der Waals surface area (Å²) in [4.78, 5) is 33.9. The summed E-state index contributed by atoms with van der Waals surface area (Å²) in [6.07, 6.45) is 18.0. The number of hydrogen-bond donors (Lipinski definition) is 0. The van der Waals surface area contributed by atoms with Crippen LogP contribution in [0.3, 0.4) is 0 Å². The van der Waals surface area contributed by atoms with Crippen LogP contribution in [0.1, 0.15) is 96.8 Å². The highest BCUT2D eigenvalue weighted by Crippen LogP contribution is 2.58. The number of hydrogen-bond acceptors (Lipinski definition) is 6. The van der Waals surface area contributed by atoms with E-state index in [-0.39, 0.29) is 11.0 Å². The van der Waals surface area contributed by atoms with Crippen LogP contribution >= 0.6 is 0 Å². The van der Waals surface area contributed by atoms with Crippen LogP contribution in [0, 0.1) is 55.2 Å². The monoisotopic (exact) mass is 590 g/mol. The van der Waals surface area contributed by atoms with E-state index in [1.807, 2.05) is 0 Å². The van der Waals surface area contributed by atoms with E-state index in [2.05, 4.69) is 71.9 Å². The van der Waals surface area contributed by atoms with E-state index in [0.29, 0.717) is 42.4 Å². The minimum Gasteiger partial charge on any atom is -0.458 e. The molecule has 8 heteroatoms.